The van der Waals surface area contributed by atoms with Gasteiger partial charge in [0.15, 0.2) is 11.6 Å². The molecule has 1 aliphatic heterocycles. The van der Waals surface area contributed by atoms with E-state index in [1.54, 1.807) is 6.07 Å². The van der Waals surface area contributed by atoms with E-state index in [9.17, 15) is 4.39 Å². The minimum absolute atomic E-state index is 0.00389. The van der Waals surface area contributed by atoms with Gasteiger partial charge in [0.25, 0.3) is 0 Å². The van der Waals surface area contributed by atoms with Gasteiger partial charge in [-0.1, -0.05) is 6.07 Å². The average molecular weight is 282 g/mol. The smallest absolute Gasteiger partial charge is 0.165 e. The van der Waals surface area contributed by atoms with Crippen LogP contribution in [-0.2, 0) is 4.74 Å². The number of hydrogen-bond acceptors (Lipinski definition) is 4. The summed E-state index contributed by atoms with van der Waals surface area (Å²) in [6.07, 6.45) is 0.326. The molecule has 2 N–H and O–H groups in total. The summed E-state index contributed by atoms with van der Waals surface area (Å²) < 4.78 is 24.5. The number of hydrogen-bond donors (Lipinski definition) is 1. The van der Waals surface area contributed by atoms with Gasteiger partial charge in [-0.05, 0) is 31.5 Å². The van der Waals surface area contributed by atoms with E-state index in [1.807, 2.05) is 19.9 Å². The maximum absolute atomic E-state index is 13.9. The van der Waals surface area contributed by atoms with Gasteiger partial charge in [0.05, 0.1) is 19.3 Å². The lowest BCUT2D eigenvalue weighted by Crippen LogP contribution is -2.48. The Kier molecular flexibility index (Phi) is 4.96. The lowest BCUT2D eigenvalue weighted by Gasteiger charge is -2.40. The lowest BCUT2D eigenvalue weighted by molar-refractivity contribution is -0.0799. The van der Waals surface area contributed by atoms with E-state index in [0.717, 1.165) is 18.7 Å². The predicted molar refractivity (Wildman–Crippen MR) is 76.3 cm³/mol. The van der Waals surface area contributed by atoms with Crippen LogP contribution >= 0.6 is 0 Å². The molecular formula is C15H23FN2O2. The molecule has 4 nitrogen and oxygen atoms in total. The molecule has 112 valence electrons. The fourth-order valence-electron chi connectivity index (χ4n) is 2.86. The molecule has 0 amide bonds. The van der Waals surface area contributed by atoms with E-state index in [2.05, 4.69) is 4.90 Å². The van der Waals surface area contributed by atoms with Gasteiger partial charge < -0.3 is 15.2 Å². The highest BCUT2D eigenvalue weighted by Crippen LogP contribution is 2.27. The fourth-order valence-corrected chi connectivity index (χ4v) is 2.86. The lowest BCUT2D eigenvalue weighted by atomic mass is 10.0. The summed E-state index contributed by atoms with van der Waals surface area (Å²) in [7, 11) is 1.46. The van der Waals surface area contributed by atoms with Gasteiger partial charge in [-0.25, -0.2) is 4.39 Å². The minimum atomic E-state index is -0.349. The summed E-state index contributed by atoms with van der Waals surface area (Å²) in [5.74, 6) is -0.0916. The first-order chi connectivity index (χ1) is 9.55. The standard InChI is InChI=1S/C15H23FN2O2/c1-10-8-18(9-11(2)20-10)14(7-17)12-4-5-15(19-3)13(16)6-12/h4-6,10-11,14H,7-9,17H2,1-3H3/t10-,11+,14?. The molecule has 20 heavy (non-hydrogen) atoms. The zero-order valence-electron chi connectivity index (χ0n) is 12.3. The van der Waals surface area contributed by atoms with Crippen molar-refractivity contribution in [1.82, 2.24) is 4.90 Å². The molecule has 3 atom stereocenters. The molecule has 1 aromatic carbocycles. The van der Waals surface area contributed by atoms with Crippen LogP contribution < -0.4 is 10.5 Å². The highest BCUT2D eigenvalue weighted by molar-refractivity contribution is 5.31. The van der Waals surface area contributed by atoms with E-state index >= 15 is 0 Å². The molecule has 1 saturated heterocycles. The highest BCUT2D eigenvalue weighted by atomic mass is 19.1. The number of morpholine rings is 1. The molecule has 1 aliphatic rings. The minimum Gasteiger partial charge on any atom is -0.494 e. The number of methoxy groups -OCH3 is 1. The maximum Gasteiger partial charge on any atom is 0.165 e. The van der Waals surface area contributed by atoms with E-state index in [-0.39, 0.29) is 29.8 Å². The van der Waals surface area contributed by atoms with Crippen molar-refractivity contribution in [1.29, 1.82) is 0 Å². The number of halogens is 1. The van der Waals surface area contributed by atoms with Crippen molar-refractivity contribution in [2.45, 2.75) is 32.1 Å². The van der Waals surface area contributed by atoms with E-state index < -0.39 is 0 Å². The Bertz CT molecular complexity index is 445. The van der Waals surface area contributed by atoms with Crippen molar-refractivity contribution in [3.63, 3.8) is 0 Å². The molecule has 1 heterocycles. The van der Waals surface area contributed by atoms with Crippen LogP contribution in [0.4, 0.5) is 4.39 Å². The zero-order valence-corrected chi connectivity index (χ0v) is 12.3. The Morgan fingerprint density at radius 3 is 2.55 bits per heavy atom. The normalized spacial score (nSPS) is 25.4. The first-order valence-corrected chi connectivity index (χ1v) is 6.98. The van der Waals surface area contributed by atoms with Gasteiger partial charge in [-0.15, -0.1) is 0 Å². The van der Waals surface area contributed by atoms with Gasteiger partial charge in [0.2, 0.25) is 0 Å². The maximum atomic E-state index is 13.9. The Hall–Kier alpha value is -1.17. The summed E-state index contributed by atoms with van der Waals surface area (Å²) in [6, 6.07) is 5.05. The summed E-state index contributed by atoms with van der Waals surface area (Å²) >= 11 is 0. The highest BCUT2D eigenvalue weighted by Gasteiger charge is 2.28. The Morgan fingerprint density at radius 1 is 1.40 bits per heavy atom. The fraction of sp³-hybridized carbons (Fsp3) is 0.600. The Morgan fingerprint density at radius 2 is 2.05 bits per heavy atom. The van der Waals surface area contributed by atoms with Crippen LogP contribution in [0, 0.1) is 5.82 Å². The van der Waals surface area contributed by atoms with Gasteiger partial charge in [0.1, 0.15) is 0 Å². The van der Waals surface area contributed by atoms with Crippen LogP contribution in [0.15, 0.2) is 18.2 Å². The Balaban J connectivity index is 2.21. The van der Waals surface area contributed by atoms with Crippen molar-refractivity contribution in [2.24, 2.45) is 5.73 Å². The largest absolute Gasteiger partial charge is 0.494 e. The summed E-state index contributed by atoms with van der Waals surface area (Å²) in [5, 5.41) is 0. The molecule has 1 fully saturated rings. The van der Waals surface area contributed by atoms with Crippen LogP contribution in [0.25, 0.3) is 0 Å². The Labute approximate surface area is 119 Å². The van der Waals surface area contributed by atoms with Crippen LogP contribution in [0.2, 0.25) is 0 Å². The van der Waals surface area contributed by atoms with Gasteiger partial charge in [-0.2, -0.15) is 0 Å². The third kappa shape index (κ3) is 3.29. The number of benzene rings is 1. The first kappa shape index (κ1) is 15.2. The van der Waals surface area contributed by atoms with Crippen LogP contribution in [0.3, 0.4) is 0 Å². The van der Waals surface area contributed by atoms with Crippen LogP contribution in [-0.4, -0.2) is 43.9 Å². The summed E-state index contributed by atoms with van der Waals surface area (Å²) in [4.78, 5) is 2.26. The summed E-state index contributed by atoms with van der Waals surface area (Å²) in [5.41, 5.74) is 6.79. The molecule has 5 heteroatoms. The van der Waals surface area contributed by atoms with E-state index in [1.165, 1.54) is 13.2 Å². The molecule has 0 spiro atoms. The zero-order chi connectivity index (χ0) is 14.7. The number of rotatable bonds is 4. The number of nitrogens with two attached hydrogens (primary N) is 1. The van der Waals surface area contributed by atoms with Crippen molar-refractivity contribution in [3.05, 3.63) is 29.6 Å². The van der Waals surface area contributed by atoms with Gasteiger partial charge >= 0.3 is 0 Å². The number of ether oxygens (including phenoxy) is 2. The second-order valence-corrected chi connectivity index (χ2v) is 5.36. The monoisotopic (exact) mass is 282 g/mol. The molecular weight excluding hydrogens is 259 g/mol. The van der Waals surface area contributed by atoms with Gasteiger partial charge in [-0.3, -0.25) is 4.90 Å². The third-order valence-corrected chi connectivity index (χ3v) is 3.67. The molecule has 0 saturated carbocycles. The van der Waals surface area contributed by atoms with Crippen molar-refractivity contribution >= 4 is 0 Å². The summed E-state index contributed by atoms with van der Waals surface area (Å²) in [6.45, 7) is 6.15. The molecule has 1 unspecified atom stereocenters. The van der Waals surface area contributed by atoms with Crippen molar-refractivity contribution < 1.29 is 13.9 Å². The first-order valence-electron chi connectivity index (χ1n) is 6.98. The third-order valence-electron chi connectivity index (χ3n) is 3.67. The van der Waals surface area contributed by atoms with E-state index in [4.69, 9.17) is 15.2 Å². The predicted octanol–water partition coefficient (Wildman–Crippen LogP) is 1.94. The molecule has 0 radical (unpaired) electrons. The van der Waals surface area contributed by atoms with Crippen LogP contribution in [0.5, 0.6) is 5.75 Å². The molecule has 0 aromatic heterocycles. The topological polar surface area (TPSA) is 47.7 Å². The quantitative estimate of drug-likeness (QED) is 0.917. The van der Waals surface area contributed by atoms with Gasteiger partial charge in [0, 0.05) is 25.7 Å². The SMILES string of the molecule is COc1ccc(C(CN)N2C[C@@H](C)O[C@@H](C)C2)cc1F. The molecule has 0 bridgehead atoms. The van der Waals surface area contributed by atoms with Crippen molar-refractivity contribution in [2.75, 3.05) is 26.7 Å². The second-order valence-electron chi connectivity index (χ2n) is 5.36. The van der Waals surface area contributed by atoms with Crippen LogP contribution in [0.1, 0.15) is 25.5 Å². The molecule has 0 aliphatic carbocycles. The molecule has 2 rings (SSSR count). The van der Waals surface area contributed by atoms with Crippen molar-refractivity contribution in [3.8, 4) is 5.75 Å². The van der Waals surface area contributed by atoms with E-state index in [0.29, 0.717) is 6.54 Å². The number of nitrogens with zero attached hydrogens (tertiary/aromatic N) is 1. The molecule has 1 aromatic rings. The average Bonchev–Trinajstić information content (AvgIpc) is 2.38. The second kappa shape index (κ2) is 6.52.